The Bertz CT molecular complexity index is 570. The number of amides is 1. The number of benzene rings is 1. The Hall–Kier alpha value is -1.98. The number of likely N-dealkylation sites (tertiary alicyclic amines) is 1. The van der Waals surface area contributed by atoms with Gasteiger partial charge in [-0.05, 0) is 50.5 Å². The first-order chi connectivity index (χ1) is 10.7. The lowest BCUT2D eigenvalue weighted by atomic mass is 10.1. The Labute approximate surface area is 133 Å². The summed E-state index contributed by atoms with van der Waals surface area (Å²) < 4.78 is 43.0. The van der Waals surface area contributed by atoms with E-state index in [0.29, 0.717) is 18.7 Å². The van der Waals surface area contributed by atoms with Gasteiger partial charge in [0.15, 0.2) is 0 Å². The Balaban J connectivity index is 1.98. The van der Waals surface area contributed by atoms with Crippen LogP contribution in [0.2, 0.25) is 0 Å². The highest BCUT2D eigenvalue weighted by Crippen LogP contribution is 2.29. The van der Waals surface area contributed by atoms with Crippen molar-refractivity contribution in [3.63, 3.8) is 0 Å². The highest BCUT2D eigenvalue weighted by atomic mass is 19.4. The molecule has 23 heavy (non-hydrogen) atoms. The normalized spacial score (nSPS) is 16.1. The summed E-state index contributed by atoms with van der Waals surface area (Å²) in [5.41, 5.74) is -0.903. The zero-order chi connectivity index (χ0) is 17.1. The quantitative estimate of drug-likeness (QED) is 0.803. The molecule has 0 atom stereocenters. The van der Waals surface area contributed by atoms with Crippen molar-refractivity contribution in [2.24, 2.45) is 0 Å². The maximum atomic E-state index is 12.5. The molecule has 3 nitrogen and oxygen atoms in total. The SMILES string of the molecule is CC(C)(/C=C/c1ccc(C(F)(F)F)cc1)OC(=O)N1CCCC1. The Morgan fingerprint density at radius 3 is 2.22 bits per heavy atom. The van der Waals surface area contributed by atoms with Crippen LogP contribution < -0.4 is 0 Å². The monoisotopic (exact) mass is 327 g/mol. The zero-order valence-corrected chi connectivity index (χ0v) is 13.2. The van der Waals surface area contributed by atoms with Gasteiger partial charge in [-0.15, -0.1) is 0 Å². The van der Waals surface area contributed by atoms with Crippen molar-refractivity contribution < 1.29 is 22.7 Å². The molecule has 126 valence electrons. The fourth-order valence-electron chi connectivity index (χ4n) is 2.30. The largest absolute Gasteiger partial charge is 0.439 e. The molecule has 1 saturated heterocycles. The minimum absolute atomic E-state index is 0.357. The number of carbonyl (C=O) groups excluding carboxylic acids is 1. The van der Waals surface area contributed by atoms with Crippen LogP contribution >= 0.6 is 0 Å². The molecule has 1 fully saturated rings. The average Bonchev–Trinajstić information content (AvgIpc) is 2.99. The van der Waals surface area contributed by atoms with Crippen molar-refractivity contribution in [3.05, 3.63) is 41.5 Å². The standard InChI is InChI=1S/C17H20F3NO2/c1-16(2,23-15(22)21-11-3-4-12-21)10-9-13-5-7-14(8-6-13)17(18,19)20/h5-10H,3-4,11-12H2,1-2H3/b10-9+. The molecule has 0 spiro atoms. The lowest BCUT2D eigenvalue weighted by molar-refractivity contribution is -0.137. The van der Waals surface area contributed by atoms with Crippen LogP contribution in [-0.4, -0.2) is 29.7 Å². The lowest BCUT2D eigenvalue weighted by Gasteiger charge is -2.25. The molecule has 0 bridgehead atoms. The summed E-state index contributed by atoms with van der Waals surface area (Å²) in [7, 11) is 0. The molecule has 1 aromatic rings. The Morgan fingerprint density at radius 2 is 1.70 bits per heavy atom. The van der Waals surface area contributed by atoms with Gasteiger partial charge in [-0.25, -0.2) is 4.79 Å². The molecule has 1 amide bonds. The number of ether oxygens (including phenoxy) is 1. The molecule has 2 rings (SSSR count). The molecule has 0 N–H and O–H groups in total. The van der Waals surface area contributed by atoms with E-state index in [9.17, 15) is 18.0 Å². The minimum atomic E-state index is -4.34. The summed E-state index contributed by atoms with van der Waals surface area (Å²) >= 11 is 0. The van der Waals surface area contributed by atoms with Crippen LogP contribution in [0.5, 0.6) is 0 Å². The molecular formula is C17H20F3NO2. The van der Waals surface area contributed by atoms with E-state index < -0.39 is 17.3 Å². The summed E-state index contributed by atoms with van der Waals surface area (Å²) in [6, 6.07) is 4.83. The highest BCUT2D eigenvalue weighted by molar-refractivity contribution is 5.69. The second kappa shape index (κ2) is 6.64. The fraction of sp³-hybridized carbons (Fsp3) is 0.471. The molecule has 6 heteroatoms. The van der Waals surface area contributed by atoms with Gasteiger partial charge in [-0.1, -0.05) is 18.2 Å². The third kappa shape index (κ3) is 5.01. The Morgan fingerprint density at radius 1 is 1.13 bits per heavy atom. The lowest BCUT2D eigenvalue weighted by Crippen LogP contribution is -2.35. The number of nitrogens with zero attached hydrogens (tertiary/aromatic N) is 1. The summed E-state index contributed by atoms with van der Waals surface area (Å²) in [6.45, 7) is 4.89. The summed E-state index contributed by atoms with van der Waals surface area (Å²) in [5.74, 6) is 0. The summed E-state index contributed by atoms with van der Waals surface area (Å²) in [6.07, 6.45) is 0.589. The molecule has 0 aliphatic carbocycles. The van der Waals surface area contributed by atoms with Gasteiger partial charge in [-0.2, -0.15) is 13.2 Å². The van der Waals surface area contributed by atoms with E-state index in [1.54, 1.807) is 30.9 Å². The number of alkyl halides is 3. The van der Waals surface area contributed by atoms with Crippen LogP contribution in [0.25, 0.3) is 6.08 Å². The predicted molar refractivity (Wildman–Crippen MR) is 81.8 cm³/mol. The first-order valence-corrected chi connectivity index (χ1v) is 7.52. The van der Waals surface area contributed by atoms with Gasteiger partial charge in [0.1, 0.15) is 5.60 Å². The summed E-state index contributed by atoms with van der Waals surface area (Å²) in [4.78, 5) is 13.6. The maximum Gasteiger partial charge on any atom is 0.416 e. The van der Waals surface area contributed by atoms with E-state index in [1.165, 1.54) is 12.1 Å². The van der Waals surface area contributed by atoms with Gasteiger partial charge in [-0.3, -0.25) is 0 Å². The van der Waals surface area contributed by atoms with E-state index >= 15 is 0 Å². The average molecular weight is 327 g/mol. The van der Waals surface area contributed by atoms with Crippen LogP contribution in [-0.2, 0) is 10.9 Å². The highest BCUT2D eigenvalue weighted by Gasteiger charge is 2.30. The second-order valence-electron chi connectivity index (χ2n) is 6.12. The number of hydrogen-bond donors (Lipinski definition) is 0. The maximum absolute atomic E-state index is 12.5. The third-order valence-electron chi connectivity index (χ3n) is 3.63. The second-order valence-corrected chi connectivity index (χ2v) is 6.12. The van der Waals surface area contributed by atoms with E-state index in [4.69, 9.17) is 4.74 Å². The van der Waals surface area contributed by atoms with Gasteiger partial charge in [0.25, 0.3) is 0 Å². The summed E-state index contributed by atoms with van der Waals surface area (Å²) in [5, 5.41) is 0. The smallest absolute Gasteiger partial charge is 0.416 e. The predicted octanol–water partition coefficient (Wildman–Crippen LogP) is 4.73. The number of carbonyl (C=O) groups is 1. The van der Waals surface area contributed by atoms with Gasteiger partial charge in [0, 0.05) is 13.1 Å². The molecule has 1 aliphatic rings. The van der Waals surface area contributed by atoms with E-state index in [-0.39, 0.29) is 6.09 Å². The molecule has 0 unspecified atom stereocenters. The van der Waals surface area contributed by atoms with Crippen LogP contribution in [0.3, 0.4) is 0 Å². The fourth-order valence-corrected chi connectivity index (χ4v) is 2.30. The Kier molecular flexibility index (Phi) is 5.02. The topological polar surface area (TPSA) is 29.5 Å². The molecule has 1 aliphatic heterocycles. The van der Waals surface area contributed by atoms with Crippen LogP contribution in [0.4, 0.5) is 18.0 Å². The van der Waals surface area contributed by atoms with Crippen molar-refractivity contribution in [2.75, 3.05) is 13.1 Å². The molecule has 0 saturated carbocycles. The van der Waals surface area contributed by atoms with Gasteiger partial charge in [0.05, 0.1) is 5.56 Å². The first kappa shape index (κ1) is 17.4. The van der Waals surface area contributed by atoms with Crippen LogP contribution in [0.15, 0.2) is 30.3 Å². The van der Waals surface area contributed by atoms with E-state index in [1.807, 2.05) is 0 Å². The minimum Gasteiger partial charge on any atom is -0.439 e. The van der Waals surface area contributed by atoms with Gasteiger partial charge in [0.2, 0.25) is 0 Å². The first-order valence-electron chi connectivity index (χ1n) is 7.52. The van der Waals surface area contributed by atoms with Crippen molar-refractivity contribution in [2.45, 2.75) is 38.5 Å². The number of rotatable bonds is 3. The molecule has 0 radical (unpaired) electrons. The zero-order valence-electron chi connectivity index (χ0n) is 13.2. The van der Waals surface area contributed by atoms with E-state index in [0.717, 1.165) is 25.0 Å². The van der Waals surface area contributed by atoms with Crippen LogP contribution in [0, 0.1) is 0 Å². The molecular weight excluding hydrogens is 307 g/mol. The third-order valence-corrected chi connectivity index (χ3v) is 3.63. The van der Waals surface area contributed by atoms with Crippen molar-refractivity contribution in [1.82, 2.24) is 4.90 Å². The molecule has 1 aromatic carbocycles. The number of halogens is 3. The number of hydrogen-bond acceptors (Lipinski definition) is 2. The van der Waals surface area contributed by atoms with Crippen molar-refractivity contribution in [3.8, 4) is 0 Å². The van der Waals surface area contributed by atoms with Gasteiger partial charge < -0.3 is 9.64 Å². The van der Waals surface area contributed by atoms with Crippen molar-refractivity contribution >= 4 is 12.2 Å². The van der Waals surface area contributed by atoms with Crippen molar-refractivity contribution in [1.29, 1.82) is 0 Å². The van der Waals surface area contributed by atoms with E-state index in [2.05, 4.69) is 0 Å². The van der Waals surface area contributed by atoms with Gasteiger partial charge >= 0.3 is 12.3 Å². The molecule has 1 heterocycles. The molecule has 0 aromatic heterocycles. The van der Waals surface area contributed by atoms with Crippen LogP contribution in [0.1, 0.15) is 37.8 Å².